The second kappa shape index (κ2) is 22.6. The number of anilines is 1. The molecule has 1 aliphatic carbocycles. The van der Waals surface area contributed by atoms with E-state index in [4.69, 9.17) is 24.2 Å². The van der Waals surface area contributed by atoms with Crippen molar-refractivity contribution < 1.29 is 46.5 Å². The molecule has 0 saturated carbocycles. The Morgan fingerprint density at radius 1 is 0.988 bits per heavy atom. The highest BCUT2D eigenvalue weighted by Crippen LogP contribution is 2.53. The Morgan fingerprint density at radius 3 is 2.46 bits per heavy atom. The van der Waals surface area contributed by atoms with Crippen LogP contribution in [0.1, 0.15) is 92.9 Å². The highest BCUT2D eigenvalue weighted by Gasteiger charge is 2.47. The summed E-state index contributed by atoms with van der Waals surface area (Å²) in [4.78, 5) is 41.6. The van der Waals surface area contributed by atoms with Crippen LogP contribution in [-0.2, 0) is 27.1 Å². The molecule has 424 valence electrons. The lowest BCUT2D eigenvalue weighted by atomic mass is 9.74. The molecule has 8 atom stereocenters. The molecule has 4 aliphatic heterocycles. The summed E-state index contributed by atoms with van der Waals surface area (Å²) in [5.74, 6) is -3.52. The van der Waals surface area contributed by atoms with Crippen molar-refractivity contribution in [3.63, 3.8) is 0 Å². The summed E-state index contributed by atoms with van der Waals surface area (Å²) >= 11 is 0. The lowest BCUT2D eigenvalue weighted by molar-refractivity contribution is -0.142. The molecule has 5 aliphatic rings. The Balaban J connectivity index is 0.864. The zero-order valence-electron chi connectivity index (χ0n) is 45.6. The van der Waals surface area contributed by atoms with E-state index in [0.717, 1.165) is 29.3 Å². The third-order valence-electron chi connectivity index (χ3n) is 16.2. The zero-order chi connectivity index (χ0) is 56.9. The molecule has 2 unspecified atom stereocenters. The van der Waals surface area contributed by atoms with Gasteiger partial charge in [-0.1, -0.05) is 67.6 Å². The molecule has 23 heteroatoms. The van der Waals surface area contributed by atoms with Gasteiger partial charge < -0.3 is 39.8 Å². The second-order valence-corrected chi connectivity index (χ2v) is 21.8. The predicted molar refractivity (Wildman–Crippen MR) is 292 cm³/mol. The van der Waals surface area contributed by atoms with Crippen molar-refractivity contribution in [1.82, 2.24) is 56.1 Å². The lowest BCUT2D eigenvalue weighted by Crippen LogP contribution is -2.50. The van der Waals surface area contributed by atoms with Gasteiger partial charge in [-0.3, -0.25) is 15.0 Å². The van der Waals surface area contributed by atoms with Crippen LogP contribution >= 0.6 is 0 Å². The summed E-state index contributed by atoms with van der Waals surface area (Å²) in [6, 6.07) is 15.2. The van der Waals surface area contributed by atoms with E-state index >= 15 is 17.6 Å². The molecule has 3 aromatic carbocycles. The Kier molecular flexibility index (Phi) is 15.3. The molecule has 4 N–H and O–H groups in total. The van der Waals surface area contributed by atoms with E-state index in [0.29, 0.717) is 60.6 Å². The molecule has 6 aromatic rings. The maximum absolute atomic E-state index is 15.9. The Morgan fingerprint density at radius 2 is 1.77 bits per heavy atom. The number of hydrazone groups is 1. The predicted octanol–water partition coefficient (Wildman–Crippen LogP) is 7.68. The standard InChI is InChI=1S/C58H63F4N13O6/c1-30(2)52(56(78)73-19-7-8-48(73)55(77)66-47(27-76)37-15-13-35(14-16-37)40-17-18-64-69-33(40)5)75-26-46(71-72-75)36-11-9-34(10-12-36)29-80-53-50(49-32(4)44(59)22-45-42(49)24-65-70-45)43(58(60,61)62)21-41-51(53)67-57(81-28-31(3)79-6)68-54(41)74-25-38-20-39(74)23-63-38/h9-18,21-22,24,26,30-31,38-39,42,47-49,52,63,70,76H,7-8,19-20,23,25,27-29H2,1-6H3,(H,66,77)/t31-,38-,39-,42?,47-,48-,49?,52-/m0/s1. The van der Waals surface area contributed by atoms with Crippen LogP contribution in [0.15, 0.2) is 101 Å². The van der Waals surface area contributed by atoms with Gasteiger partial charge in [0.15, 0.2) is 5.75 Å². The fourth-order valence-electron chi connectivity index (χ4n) is 11.8. The summed E-state index contributed by atoms with van der Waals surface area (Å²) in [5.41, 5.74) is 6.86. The number of alkyl halides is 3. The quantitative estimate of drug-likeness (QED) is 0.0607. The molecule has 2 bridgehead atoms. The highest BCUT2D eigenvalue weighted by molar-refractivity contribution is 5.97. The second-order valence-electron chi connectivity index (χ2n) is 21.8. The minimum absolute atomic E-state index is 0.0414. The number of aryl methyl sites for hydroxylation is 1. The number of methoxy groups -OCH3 is 1. The summed E-state index contributed by atoms with van der Waals surface area (Å²) in [6.07, 6.45) is 2.56. The maximum atomic E-state index is 15.9. The summed E-state index contributed by atoms with van der Waals surface area (Å²) in [6.45, 7) is 9.88. The van der Waals surface area contributed by atoms with Gasteiger partial charge in [-0.05, 0) is 86.4 Å². The van der Waals surface area contributed by atoms with Gasteiger partial charge in [-0.25, -0.2) is 9.07 Å². The van der Waals surface area contributed by atoms with Crippen molar-refractivity contribution >= 4 is 34.7 Å². The van der Waals surface area contributed by atoms with Crippen LogP contribution in [-0.4, -0.2) is 127 Å². The number of aliphatic hydroxyl groups is 1. The van der Waals surface area contributed by atoms with Crippen LogP contribution in [0.3, 0.4) is 0 Å². The lowest BCUT2D eigenvalue weighted by Gasteiger charge is -2.33. The number of amides is 2. The molecule has 3 fully saturated rings. The average Bonchev–Trinajstić information content (AvgIpc) is 3.83. The first-order chi connectivity index (χ1) is 39.0. The number of likely N-dealkylation sites (tertiary alicyclic amines) is 1. The number of benzene rings is 3. The van der Waals surface area contributed by atoms with Crippen LogP contribution in [0.25, 0.3) is 33.3 Å². The van der Waals surface area contributed by atoms with Gasteiger partial charge in [0.25, 0.3) is 0 Å². The number of rotatable bonds is 18. The topological polar surface area (TPSA) is 219 Å². The van der Waals surface area contributed by atoms with Gasteiger partial charge in [0.05, 0.1) is 42.4 Å². The van der Waals surface area contributed by atoms with Gasteiger partial charge >= 0.3 is 12.2 Å². The number of ether oxygens (including phenoxy) is 3. The Labute approximate surface area is 464 Å². The number of fused-ring (bicyclic) bond motifs is 4. The van der Waals surface area contributed by atoms with Crippen LogP contribution < -0.4 is 30.4 Å². The number of aromatic nitrogens is 7. The van der Waals surface area contributed by atoms with Crippen molar-refractivity contribution in [3.8, 4) is 34.1 Å². The van der Waals surface area contributed by atoms with Crippen molar-refractivity contribution in [2.24, 2.45) is 16.9 Å². The van der Waals surface area contributed by atoms with E-state index < -0.39 is 47.5 Å². The number of piperazine rings is 1. The first kappa shape index (κ1) is 55.0. The first-order valence-electron chi connectivity index (χ1n) is 27.2. The van der Waals surface area contributed by atoms with E-state index in [1.807, 2.05) is 56.0 Å². The minimum atomic E-state index is -4.93. The monoisotopic (exact) mass is 1110 g/mol. The number of hydrogen-bond donors (Lipinski definition) is 4. The summed E-state index contributed by atoms with van der Waals surface area (Å²) in [5, 5.41) is 38.0. The minimum Gasteiger partial charge on any atom is -0.486 e. The molecule has 7 heterocycles. The van der Waals surface area contributed by atoms with Gasteiger partial charge in [-0.15, -0.1) is 5.10 Å². The van der Waals surface area contributed by atoms with Crippen molar-refractivity contribution in [2.75, 3.05) is 44.9 Å². The fourth-order valence-corrected chi connectivity index (χ4v) is 11.8. The molecular formula is C58H63F4N13O6. The van der Waals surface area contributed by atoms with Gasteiger partial charge in [0.1, 0.15) is 48.2 Å². The average molecular weight is 1110 g/mol. The smallest absolute Gasteiger partial charge is 0.416 e. The van der Waals surface area contributed by atoms with E-state index in [2.05, 4.69) is 41.7 Å². The molecular weight excluding hydrogens is 1050 g/mol. The molecule has 0 spiro atoms. The van der Waals surface area contributed by atoms with E-state index in [1.54, 1.807) is 48.5 Å². The number of halogens is 4. The number of nitrogens with zero attached hydrogens (tertiary/aromatic N) is 10. The molecule has 2 amide bonds. The number of carbonyl (C=O) groups is 2. The van der Waals surface area contributed by atoms with Crippen LogP contribution in [0, 0.1) is 18.8 Å². The van der Waals surface area contributed by atoms with Crippen molar-refractivity contribution in [1.29, 1.82) is 0 Å². The van der Waals surface area contributed by atoms with Gasteiger partial charge in [-0.2, -0.15) is 38.4 Å². The summed E-state index contributed by atoms with van der Waals surface area (Å²) in [7, 11) is 1.53. The normalized spacial score (nSPS) is 21.6. The van der Waals surface area contributed by atoms with Crippen LogP contribution in [0.5, 0.6) is 11.8 Å². The highest BCUT2D eigenvalue weighted by atomic mass is 19.4. The molecule has 81 heavy (non-hydrogen) atoms. The Bertz CT molecular complexity index is 3440. The van der Waals surface area contributed by atoms with Gasteiger partial charge in [0, 0.05) is 84.7 Å². The molecule has 3 aromatic heterocycles. The number of aliphatic hydroxyl groups excluding tert-OH is 1. The summed E-state index contributed by atoms with van der Waals surface area (Å²) < 4.78 is 83.3. The number of nitrogens with one attached hydrogen (secondary N) is 3. The van der Waals surface area contributed by atoms with E-state index in [-0.39, 0.29) is 95.4 Å². The van der Waals surface area contributed by atoms with Crippen molar-refractivity contribution in [3.05, 3.63) is 124 Å². The first-order valence-corrected chi connectivity index (χ1v) is 27.2. The van der Waals surface area contributed by atoms with Crippen LogP contribution in [0.2, 0.25) is 0 Å². The molecule has 3 saturated heterocycles. The Hall–Kier alpha value is -7.89. The number of allylic oxidation sites excluding steroid dienone is 4. The SMILES string of the molecule is CO[C@@H](C)COc1nc(N2C[C@@H]3C[C@H]2CN3)c2cc(C(F)(F)F)c(C3C(C)=C(F)C=C4NN=CC43)c(OCc3ccc(-c4cn([C@H](C(=O)N5CCC[C@H]5C(=O)N[C@@H](CO)c5ccc(-c6ccnnc6C)cc5)C(C)C)nn4)cc3)c2n1. The van der Waals surface area contributed by atoms with Gasteiger partial charge in [0.2, 0.25) is 11.8 Å². The zero-order valence-corrected chi connectivity index (χ0v) is 45.6. The van der Waals surface area contributed by atoms with E-state index in [9.17, 15) is 14.7 Å². The molecule has 0 radical (unpaired) electrons. The third kappa shape index (κ3) is 10.8. The number of carbonyl (C=O) groups excluding carboxylic acids is 2. The maximum Gasteiger partial charge on any atom is 0.416 e. The fraction of sp³-hybridized carbons (Fsp3) is 0.431. The molecule has 19 nitrogen and oxygen atoms in total. The molecule has 11 rings (SSSR count). The third-order valence-corrected chi connectivity index (χ3v) is 16.2. The van der Waals surface area contributed by atoms with E-state index in [1.165, 1.54) is 31.0 Å². The largest absolute Gasteiger partial charge is 0.486 e. The number of hydrogen-bond acceptors (Lipinski definition) is 16. The van der Waals surface area contributed by atoms with Crippen LogP contribution in [0.4, 0.5) is 23.4 Å². The van der Waals surface area contributed by atoms with Crippen molar-refractivity contribution in [2.45, 2.75) is 109 Å².